The van der Waals surface area contributed by atoms with Gasteiger partial charge in [0, 0.05) is 5.02 Å². The first kappa shape index (κ1) is 24.0. The fourth-order valence-corrected chi connectivity index (χ4v) is 4.41. The van der Waals surface area contributed by atoms with Crippen molar-refractivity contribution in [3.05, 3.63) is 57.6 Å². The fourth-order valence-electron chi connectivity index (χ4n) is 2.80. The summed E-state index contributed by atoms with van der Waals surface area (Å²) in [4.78, 5) is 24.6. The number of aryl methyl sites for hydroxylation is 1. The van der Waals surface area contributed by atoms with Gasteiger partial charge in [0.2, 0.25) is 15.9 Å². The van der Waals surface area contributed by atoms with Gasteiger partial charge in [0.25, 0.3) is 0 Å². The van der Waals surface area contributed by atoms with Gasteiger partial charge in [-0.15, -0.1) is 0 Å². The molecular formula is C20H22Cl2N2O5S. The molecule has 10 heteroatoms. The molecule has 30 heavy (non-hydrogen) atoms. The molecule has 2 aromatic rings. The third kappa shape index (κ3) is 5.65. The van der Waals surface area contributed by atoms with E-state index in [-0.39, 0.29) is 22.9 Å². The number of esters is 1. The van der Waals surface area contributed by atoms with E-state index in [0.29, 0.717) is 16.3 Å². The number of ether oxygens (including phenoxy) is 1. The van der Waals surface area contributed by atoms with E-state index in [4.69, 9.17) is 27.9 Å². The first-order chi connectivity index (χ1) is 14.0. The van der Waals surface area contributed by atoms with E-state index >= 15 is 0 Å². The average Bonchev–Trinajstić information content (AvgIpc) is 2.65. The molecule has 2 aromatic carbocycles. The summed E-state index contributed by atoms with van der Waals surface area (Å²) in [5.41, 5.74) is 1.41. The maximum atomic E-state index is 12.8. The molecule has 0 heterocycles. The van der Waals surface area contributed by atoms with Gasteiger partial charge in [0.05, 0.1) is 34.8 Å². The highest BCUT2D eigenvalue weighted by atomic mass is 35.5. The molecule has 0 aliphatic rings. The molecule has 2 rings (SSSR count). The summed E-state index contributed by atoms with van der Waals surface area (Å²) < 4.78 is 30.9. The van der Waals surface area contributed by atoms with Crippen LogP contribution in [0.5, 0.6) is 0 Å². The van der Waals surface area contributed by atoms with E-state index in [2.05, 4.69) is 5.32 Å². The van der Waals surface area contributed by atoms with Gasteiger partial charge in [-0.25, -0.2) is 13.2 Å². The molecule has 1 N–H and O–H groups in total. The second kappa shape index (κ2) is 9.68. The van der Waals surface area contributed by atoms with Crippen LogP contribution in [-0.4, -0.2) is 39.2 Å². The molecule has 0 saturated carbocycles. The maximum Gasteiger partial charge on any atom is 0.338 e. The number of nitrogens with zero attached hydrogens (tertiary/aromatic N) is 1. The minimum Gasteiger partial charge on any atom is -0.462 e. The molecule has 0 spiro atoms. The molecular weight excluding hydrogens is 451 g/mol. The second-order valence-electron chi connectivity index (χ2n) is 6.57. The molecule has 0 saturated heterocycles. The lowest BCUT2D eigenvalue weighted by Crippen LogP contribution is -2.45. The average molecular weight is 473 g/mol. The lowest BCUT2D eigenvalue weighted by Gasteiger charge is -2.29. The first-order valence-electron chi connectivity index (χ1n) is 8.98. The number of hydrogen-bond donors (Lipinski definition) is 1. The highest BCUT2D eigenvalue weighted by Gasteiger charge is 2.30. The number of halogens is 2. The van der Waals surface area contributed by atoms with E-state index in [1.54, 1.807) is 26.0 Å². The van der Waals surface area contributed by atoms with Crippen molar-refractivity contribution in [3.8, 4) is 0 Å². The van der Waals surface area contributed by atoms with Crippen LogP contribution in [0.1, 0.15) is 29.8 Å². The predicted molar refractivity (Wildman–Crippen MR) is 119 cm³/mol. The SMILES string of the molecule is CCOC(=O)c1ccc(NC(=O)[C@@H](C)N(c2cc(Cl)ccc2C)S(C)(=O)=O)c(Cl)c1. The summed E-state index contributed by atoms with van der Waals surface area (Å²) >= 11 is 12.2. The van der Waals surface area contributed by atoms with Crippen molar-refractivity contribution in [2.45, 2.75) is 26.8 Å². The van der Waals surface area contributed by atoms with Crippen molar-refractivity contribution in [2.75, 3.05) is 22.5 Å². The van der Waals surface area contributed by atoms with Crippen LogP contribution in [0.4, 0.5) is 11.4 Å². The van der Waals surface area contributed by atoms with Crippen LogP contribution in [0, 0.1) is 6.92 Å². The highest BCUT2D eigenvalue weighted by molar-refractivity contribution is 7.92. The molecule has 0 aliphatic heterocycles. The number of rotatable bonds is 7. The zero-order chi connectivity index (χ0) is 22.6. The Balaban J connectivity index is 2.32. The molecule has 0 radical (unpaired) electrons. The molecule has 0 fully saturated rings. The molecule has 1 amide bonds. The zero-order valence-corrected chi connectivity index (χ0v) is 19.2. The number of carbonyl (C=O) groups is 2. The van der Waals surface area contributed by atoms with Crippen LogP contribution in [0.15, 0.2) is 36.4 Å². The summed E-state index contributed by atoms with van der Waals surface area (Å²) in [6.07, 6.45) is 1.01. The van der Waals surface area contributed by atoms with Crippen molar-refractivity contribution in [2.24, 2.45) is 0 Å². The van der Waals surface area contributed by atoms with E-state index in [0.717, 1.165) is 10.6 Å². The Morgan fingerprint density at radius 2 is 1.83 bits per heavy atom. The van der Waals surface area contributed by atoms with Gasteiger partial charge < -0.3 is 10.1 Å². The van der Waals surface area contributed by atoms with Gasteiger partial charge in [-0.2, -0.15) is 0 Å². The van der Waals surface area contributed by atoms with Crippen molar-refractivity contribution in [3.63, 3.8) is 0 Å². The summed E-state index contributed by atoms with van der Waals surface area (Å²) in [6.45, 7) is 5.08. The number of amides is 1. The number of nitrogens with one attached hydrogen (secondary N) is 1. The molecule has 0 bridgehead atoms. The monoisotopic (exact) mass is 472 g/mol. The van der Waals surface area contributed by atoms with Crippen molar-refractivity contribution in [1.82, 2.24) is 0 Å². The Morgan fingerprint density at radius 1 is 1.17 bits per heavy atom. The van der Waals surface area contributed by atoms with Gasteiger partial charge >= 0.3 is 5.97 Å². The topological polar surface area (TPSA) is 92.8 Å². The zero-order valence-electron chi connectivity index (χ0n) is 16.9. The largest absolute Gasteiger partial charge is 0.462 e. The van der Waals surface area contributed by atoms with Crippen molar-refractivity contribution in [1.29, 1.82) is 0 Å². The van der Waals surface area contributed by atoms with Gasteiger partial charge in [0.15, 0.2) is 0 Å². The molecule has 0 aromatic heterocycles. The Kier molecular flexibility index (Phi) is 7.74. The lowest BCUT2D eigenvalue weighted by molar-refractivity contribution is -0.116. The van der Waals surface area contributed by atoms with E-state index in [9.17, 15) is 18.0 Å². The predicted octanol–water partition coefficient (Wildman–Crippen LogP) is 4.27. The summed E-state index contributed by atoms with van der Waals surface area (Å²) in [7, 11) is -3.81. The molecule has 0 unspecified atom stereocenters. The van der Waals surface area contributed by atoms with Gasteiger partial charge in [-0.3, -0.25) is 9.10 Å². The third-order valence-corrected chi connectivity index (χ3v) is 6.01. The Morgan fingerprint density at radius 3 is 2.40 bits per heavy atom. The number of hydrogen-bond acceptors (Lipinski definition) is 5. The Hall–Kier alpha value is -2.29. The minimum absolute atomic E-state index is 0.117. The first-order valence-corrected chi connectivity index (χ1v) is 11.6. The van der Waals surface area contributed by atoms with Crippen molar-refractivity contribution < 1.29 is 22.7 Å². The maximum absolute atomic E-state index is 12.8. The van der Waals surface area contributed by atoms with Crippen LogP contribution in [-0.2, 0) is 19.6 Å². The van der Waals surface area contributed by atoms with Gasteiger partial charge in [0.1, 0.15) is 6.04 Å². The lowest BCUT2D eigenvalue weighted by atomic mass is 10.1. The standard InChI is InChI=1S/C20H22Cl2N2O5S/c1-5-29-20(26)14-7-9-17(16(22)10-14)23-19(25)13(3)24(30(4,27)28)18-11-15(21)8-6-12(18)2/h6-11,13H,5H2,1-4H3,(H,23,25)/t13-/m1/s1. The normalized spacial score (nSPS) is 12.2. The molecule has 0 aliphatic carbocycles. The second-order valence-corrected chi connectivity index (χ2v) is 9.27. The molecule has 162 valence electrons. The van der Waals surface area contributed by atoms with Crippen LogP contribution in [0.3, 0.4) is 0 Å². The smallest absolute Gasteiger partial charge is 0.338 e. The quantitative estimate of drug-likeness (QED) is 0.607. The van der Waals surface area contributed by atoms with Crippen LogP contribution in [0.2, 0.25) is 10.0 Å². The Bertz CT molecular complexity index is 1070. The number of carbonyl (C=O) groups excluding carboxylic acids is 2. The van der Waals surface area contributed by atoms with Crippen LogP contribution in [0.25, 0.3) is 0 Å². The number of sulfonamides is 1. The number of anilines is 2. The summed E-state index contributed by atoms with van der Waals surface area (Å²) in [6, 6.07) is 7.98. The van der Waals surface area contributed by atoms with Gasteiger partial charge in [-0.1, -0.05) is 29.3 Å². The highest BCUT2D eigenvalue weighted by Crippen LogP contribution is 2.29. The summed E-state index contributed by atoms with van der Waals surface area (Å²) in [5.74, 6) is -1.14. The van der Waals surface area contributed by atoms with E-state index in [1.165, 1.54) is 31.2 Å². The fraction of sp³-hybridized carbons (Fsp3) is 0.300. The Labute approximate surface area is 186 Å². The number of benzene rings is 2. The van der Waals surface area contributed by atoms with Gasteiger partial charge in [-0.05, 0) is 56.7 Å². The summed E-state index contributed by atoms with van der Waals surface area (Å²) in [5, 5.41) is 3.06. The van der Waals surface area contributed by atoms with Crippen molar-refractivity contribution >= 4 is 56.5 Å². The van der Waals surface area contributed by atoms with E-state index in [1.807, 2.05) is 0 Å². The third-order valence-electron chi connectivity index (χ3n) is 4.24. The van der Waals surface area contributed by atoms with E-state index < -0.39 is 27.9 Å². The van der Waals surface area contributed by atoms with Crippen LogP contribution < -0.4 is 9.62 Å². The minimum atomic E-state index is -3.81. The molecule has 1 atom stereocenters. The molecule has 7 nitrogen and oxygen atoms in total. The van der Waals surface area contributed by atoms with Crippen LogP contribution >= 0.6 is 23.2 Å².